The first-order valence-electron chi connectivity index (χ1n) is 26.3. The van der Waals surface area contributed by atoms with Crippen LogP contribution in [-0.2, 0) is 47.9 Å². The first-order valence-corrected chi connectivity index (χ1v) is 26.3. The largest absolute Gasteiger partial charge is 0.493 e. The van der Waals surface area contributed by atoms with E-state index in [-0.39, 0.29) is 56.8 Å². The molecule has 0 atom stereocenters. The van der Waals surface area contributed by atoms with Crippen molar-refractivity contribution in [2.45, 2.75) is 137 Å². The monoisotopic (exact) mass is 988 g/mol. The van der Waals surface area contributed by atoms with E-state index in [4.69, 9.17) is 23.7 Å². The Hall–Kier alpha value is -6.04. The number of carbonyl (C=O) groups is 4. The lowest BCUT2D eigenvalue weighted by molar-refractivity contribution is -0.144. The quantitative estimate of drug-likeness (QED) is 0.0200. The summed E-state index contributed by atoms with van der Waals surface area (Å²) in [6.45, 7) is 17.6. The highest BCUT2D eigenvalue weighted by Crippen LogP contribution is 2.34. The van der Waals surface area contributed by atoms with Crippen LogP contribution in [0.25, 0.3) is 22.3 Å². The molecule has 0 aliphatic rings. The molecule has 0 aromatic heterocycles. The second-order valence-electron chi connectivity index (χ2n) is 18.7. The molecule has 0 radical (unpaired) electrons. The normalized spacial score (nSPS) is 11.0. The van der Waals surface area contributed by atoms with Gasteiger partial charge < -0.3 is 28.8 Å². The zero-order valence-corrected chi connectivity index (χ0v) is 43.7. The highest BCUT2D eigenvalue weighted by Gasteiger charge is 2.16. The van der Waals surface area contributed by atoms with Crippen LogP contribution in [0, 0.1) is 0 Å². The molecule has 72 heavy (non-hydrogen) atoms. The molecule has 0 unspecified atom stereocenters. The molecule has 0 fully saturated rings. The van der Waals surface area contributed by atoms with Crippen molar-refractivity contribution < 1.29 is 48.0 Å². The number of hydrogen-bond donors (Lipinski definition) is 1. The molecule has 4 aromatic carbocycles. The first-order chi connectivity index (χ1) is 34.9. The SMILES string of the molecule is C=C(C)C(=O)Cc1cc(-c2ccc(CCCCC)cc2)ccc1OCCCCCOC(=O)CCN(CCO)CCC(=O)OCCCCCOc1ccc(-c2ccc(CCCCC)cc2)cc1OC(=O)C(=C)C. The third-order valence-electron chi connectivity index (χ3n) is 12.4. The molecule has 0 bridgehead atoms. The average molecular weight is 988 g/mol. The van der Waals surface area contributed by atoms with E-state index in [1.54, 1.807) is 13.8 Å². The van der Waals surface area contributed by atoms with Crippen molar-refractivity contribution in [3.8, 4) is 39.5 Å². The van der Waals surface area contributed by atoms with Gasteiger partial charge in [0.2, 0.25) is 0 Å². The summed E-state index contributed by atoms with van der Waals surface area (Å²) < 4.78 is 28.8. The molecule has 4 aromatic rings. The third kappa shape index (κ3) is 22.2. The van der Waals surface area contributed by atoms with E-state index in [1.807, 2.05) is 41.3 Å². The van der Waals surface area contributed by atoms with Crippen LogP contribution in [0.3, 0.4) is 0 Å². The molecule has 11 nitrogen and oxygen atoms in total. The Kier molecular flexibility index (Phi) is 27.3. The highest BCUT2D eigenvalue weighted by molar-refractivity contribution is 5.96. The minimum absolute atomic E-state index is 0.0238. The molecule has 390 valence electrons. The van der Waals surface area contributed by atoms with Crippen molar-refractivity contribution in [2.75, 3.05) is 52.7 Å². The van der Waals surface area contributed by atoms with Gasteiger partial charge in [0.05, 0.1) is 45.9 Å². The summed E-state index contributed by atoms with van der Waals surface area (Å²) in [6, 6.07) is 28.7. The lowest BCUT2D eigenvalue weighted by atomic mass is 9.97. The van der Waals surface area contributed by atoms with Gasteiger partial charge >= 0.3 is 17.9 Å². The molecule has 0 aliphatic heterocycles. The van der Waals surface area contributed by atoms with Gasteiger partial charge in [0, 0.05) is 37.2 Å². The van der Waals surface area contributed by atoms with Gasteiger partial charge in [0.1, 0.15) is 5.75 Å². The van der Waals surface area contributed by atoms with E-state index in [9.17, 15) is 24.3 Å². The van der Waals surface area contributed by atoms with Crippen molar-refractivity contribution in [1.29, 1.82) is 0 Å². The topological polar surface area (TPSA) is 138 Å². The van der Waals surface area contributed by atoms with Crippen LogP contribution in [0.1, 0.15) is 134 Å². The summed E-state index contributed by atoms with van der Waals surface area (Å²) in [5.41, 5.74) is 8.33. The Bertz CT molecular complexity index is 2140. The molecule has 0 heterocycles. The zero-order valence-electron chi connectivity index (χ0n) is 43.7. The van der Waals surface area contributed by atoms with E-state index in [1.165, 1.54) is 49.7 Å². The van der Waals surface area contributed by atoms with Crippen LogP contribution in [0.4, 0.5) is 0 Å². The molecular weight excluding hydrogens is 907 g/mol. The number of allylic oxidation sites excluding steroid dienone is 1. The van der Waals surface area contributed by atoms with Crippen molar-refractivity contribution in [3.63, 3.8) is 0 Å². The van der Waals surface area contributed by atoms with E-state index in [0.717, 1.165) is 59.9 Å². The molecule has 0 saturated carbocycles. The maximum atomic E-state index is 12.7. The number of aryl methyl sites for hydroxylation is 2. The van der Waals surface area contributed by atoms with Crippen molar-refractivity contribution >= 4 is 23.7 Å². The molecule has 0 saturated heterocycles. The van der Waals surface area contributed by atoms with Gasteiger partial charge in [-0.25, -0.2) is 4.79 Å². The number of aliphatic hydroxyl groups is 1. The van der Waals surface area contributed by atoms with Gasteiger partial charge in [-0.05, 0) is 141 Å². The van der Waals surface area contributed by atoms with Crippen LogP contribution in [0.15, 0.2) is 109 Å². The number of nitrogens with zero attached hydrogens (tertiary/aromatic N) is 1. The maximum Gasteiger partial charge on any atom is 0.338 e. The van der Waals surface area contributed by atoms with Gasteiger partial charge in [-0.2, -0.15) is 0 Å². The standard InChI is InChI=1S/C61H81NO10/c1-7-9-13-19-48-21-25-50(26-22-48)52-29-31-56(54(43-52)44-55(64)46(3)4)68-39-15-11-17-41-70-59(65)33-35-62(37-38-63)36-34-60(66)71-42-18-12-16-40-69-57-32-30-53(45-58(57)72-61(67)47(5)6)51-27-23-49(24-28-51)20-14-10-8-2/h21-32,43,45,63H,3,5,7-20,33-42,44H2,1-2,4,6H3. The van der Waals surface area contributed by atoms with Gasteiger partial charge in [-0.3, -0.25) is 19.3 Å². The Morgan fingerprint density at radius 3 is 1.47 bits per heavy atom. The molecule has 0 aliphatic carbocycles. The van der Waals surface area contributed by atoms with Gasteiger partial charge in [-0.1, -0.05) is 113 Å². The predicted octanol–water partition coefficient (Wildman–Crippen LogP) is 12.6. The Morgan fingerprint density at radius 2 is 0.986 bits per heavy atom. The molecule has 4 rings (SSSR count). The highest BCUT2D eigenvalue weighted by atomic mass is 16.6. The molecule has 1 N–H and O–H groups in total. The van der Waals surface area contributed by atoms with Crippen LogP contribution in [-0.4, -0.2) is 86.4 Å². The molecule has 0 amide bonds. The number of aliphatic hydroxyl groups excluding tert-OH is 1. The van der Waals surface area contributed by atoms with Gasteiger partial charge in [0.25, 0.3) is 0 Å². The molecule has 0 spiro atoms. The van der Waals surface area contributed by atoms with Crippen molar-refractivity contribution in [1.82, 2.24) is 4.90 Å². The number of unbranched alkanes of at least 4 members (excludes halogenated alkanes) is 8. The molecule has 11 heteroatoms. The summed E-state index contributed by atoms with van der Waals surface area (Å²) >= 11 is 0. The fraction of sp³-hybridized carbons (Fsp3) is 0.475. The Balaban J connectivity index is 1.09. The van der Waals surface area contributed by atoms with Crippen LogP contribution >= 0.6 is 0 Å². The van der Waals surface area contributed by atoms with Crippen LogP contribution < -0.4 is 14.2 Å². The summed E-state index contributed by atoms with van der Waals surface area (Å²) in [6.07, 6.45) is 14.1. The number of Topliss-reactive ketones (excluding diaryl/α,β-unsaturated/α-hetero) is 1. The number of benzene rings is 4. The second kappa shape index (κ2) is 33.6. The van der Waals surface area contributed by atoms with Crippen LogP contribution in [0.5, 0.6) is 17.2 Å². The number of ketones is 1. The minimum Gasteiger partial charge on any atom is -0.493 e. The molecular formula is C61H81NO10. The summed E-state index contributed by atoms with van der Waals surface area (Å²) in [4.78, 5) is 52.2. The van der Waals surface area contributed by atoms with E-state index >= 15 is 0 Å². The van der Waals surface area contributed by atoms with Crippen LogP contribution in [0.2, 0.25) is 0 Å². The lowest BCUT2D eigenvalue weighted by Gasteiger charge is -2.20. The maximum absolute atomic E-state index is 12.7. The number of hydrogen-bond acceptors (Lipinski definition) is 11. The average Bonchev–Trinajstić information content (AvgIpc) is 3.37. The summed E-state index contributed by atoms with van der Waals surface area (Å²) in [5, 5.41) is 9.61. The predicted molar refractivity (Wildman–Crippen MR) is 288 cm³/mol. The fourth-order valence-electron chi connectivity index (χ4n) is 7.94. The second-order valence-corrected chi connectivity index (χ2v) is 18.7. The van der Waals surface area contributed by atoms with E-state index in [2.05, 4.69) is 75.5 Å². The third-order valence-corrected chi connectivity index (χ3v) is 12.4. The van der Waals surface area contributed by atoms with Gasteiger partial charge in [-0.15, -0.1) is 0 Å². The number of esters is 3. The lowest BCUT2D eigenvalue weighted by Crippen LogP contribution is -2.32. The fourth-order valence-corrected chi connectivity index (χ4v) is 7.94. The van der Waals surface area contributed by atoms with Crippen molar-refractivity contribution in [2.24, 2.45) is 0 Å². The minimum atomic E-state index is -0.521. The Labute approximate surface area is 429 Å². The van der Waals surface area contributed by atoms with E-state index in [0.29, 0.717) is 80.5 Å². The smallest absolute Gasteiger partial charge is 0.338 e. The van der Waals surface area contributed by atoms with Crippen molar-refractivity contribution in [3.05, 3.63) is 126 Å². The first kappa shape index (κ1) is 58.5. The Morgan fingerprint density at radius 1 is 0.514 bits per heavy atom. The summed E-state index contributed by atoms with van der Waals surface area (Å²) in [7, 11) is 0. The van der Waals surface area contributed by atoms with Gasteiger partial charge in [0.15, 0.2) is 17.3 Å². The number of carbonyl (C=O) groups excluding carboxylic acids is 4. The number of rotatable bonds is 37. The zero-order chi connectivity index (χ0) is 51.9. The summed E-state index contributed by atoms with van der Waals surface area (Å²) in [5.74, 6) is 0.259. The number of ether oxygens (including phenoxy) is 5. The van der Waals surface area contributed by atoms with E-state index < -0.39 is 5.97 Å².